The lowest BCUT2D eigenvalue weighted by Gasteiger charge is -2.18. The van der Waals surface area contributed by atoms with Crippen LogP contribution in [0, 0.1) is 0 Å². The number of para-hydroxylation sites is 1. The lowest BCUT2D eigenvalue weighted by atomic mass is 10.1. The van der Waals surface area contributed by atoms with E-state index in [0.717, 1.165) is 10.6 Å². The number of nitrogens with zero attached hydrogens (tertiary/aromatic N) is 1. The molecular weight excluding hydrogens is 350 g/mol. The number of anilines is 2. The zero-order chi connectivity index (χ0) is 19.1. The topological polar surface area (TPSA) is 78.5 Å². The number of amides is 3. The van der Waals surface area contributed by atoms with Gasteiger partial charge in [0.2, 0.25) is 11.8 Å². The molecule has 0 saturated heterocycles. The Bertz CT molecular complexity index is 823. The quantitative estimate of drug-likeness (QED) is 0.765. The number of hydrogen-bond donors (Lipinski definition) is 2. The lowest BCUT2D eigenvalue weighted by Crippen LogP contribution is -2.35. The van der Waals surface area contributed by atoms with Crippen molar-refractivity contribution in [2.45, 2.75) is 11.8 Å². The smallest absolute Gasteiger partial charge is 0.254 e. The van der Waals surface area contributed by atoms with Crippen LogP contribution >= 0.6 is 11.8 Å². The first kappa shape index (κ1) is 19.5. The van der Waals surface area contributed by atoms with E-state index in [1.807, 2.05) is 30.5 Å². The number of hydrogen-bond acceptors (Lipinski definition) is 4. The third-order valence-electron chi connectivity index (χ3n) is 3.54. The summed E-state index contributed by atoms with van der Waals surface area (Å²) in [7, 11) is 1.56. The summed E-state index contributed by atoms with van der Waals surface area (Å²) in [5, 5.41) is 5.46. The number of likely N-dealkylation sites (N-methyl/N-ethyl adjacent to an activating group) is 1. The molecular formula is C19H21N3O3S. The summed E-state index contributed by atoms with van der Waals surface area (Å²) >= 11 is 1.54. The number of thioether (sulfide) groups is 1. The van der Waals surface area contributed by atoms with Crippen molar-refractivity contribution < 1.29 is 14.4 Å². The Kier molecular flexibility index (Phi) is 6.80. The molecule has 0 bridgehead atoms. The third-order valence-corrected chi connectivity index (χ3v) is 4.33. The molecule has 3 amide bonds. The molecule has 6 nitrogen and oxygen atoms in total. The van der Waals surface area contributed by atoms with Crippen LogP contribution in [-0.4, -0.2) is 42.5 Å². The highest BCUT2D eigenvalue weighted by Gasteiger charge is 2.16. The van der Waals surface area contributed by atoms with Gasteiger partial charge >= 0.3 is 0 Å². The van der Waals surface area contributed by atoms with Gasteiger partial charge in [0.05, 0.1) is 12.2 Å². The van der Waals surface area contributed by atoms with E-state index < -0.39 is 0 Å². The number of carbonyl (C=O) groups excluding carboxylic acids is 3. The Morgan fingerprint density at radius 3 is 2.46 bits per heavy atom. The standard InChI is InChI=1S/C19H21N3O3S/c1-13(23)20-15-8-6-7-14(11-15)19(25)22(2)12-18(24)21-16-9-4-5-10-17(16)26-3/h4-11H,12H2,1-3H3,(H,20,23)(H,21,24). The van der Waals surface area contributed by atoms with Crippen molar-refractivity contribution in [1.29, 1.82) is 0 Å². The van der Waals surface area contributed by atoms with E-state index in [0.29, 0.717) is 11.3 Å². The van der Waals surface area contributed by atoms with E-state index in [4.69, 9.17) is 0 Å². The van der Waals surface area contributed by atoms with Crippen molar-refractivity contribution in [2.24, 2.45) is 0 Å². The SMILES string of the molecule is CSc1ccccc1NC(=O)CN(C)C(=O)c1cccc(NC(C)=O)c1. The molecule has 2 aromatic rings. The van der Waals surface area contributed by atoms with E-state index in [-0.39, 0.29) is 24.3 Å². The molecule has 2 aromatic carbocycles. The van der Waals surface area contributed by atoms with Gasteiger partial charge in [-0.15, -0.1) is 11.8 Å². The molecule has 0 atom stereocenters. The maximum absolute atomic E-state index is 12.5. The Balaban J connectivity index is 2.02. The number of carbonyl (C=O) groups is 3. The van der Waals surface area contributed by atoms with Crippen LogP contribution in [0.5, 0.6) is 0 Å². The Hall–Kier alpha value is -2.80. The van der Waals surface area contributed by atoms with Crippen LogP contribution in [0.2, 0.25) is 0 Å². The minimum absolute atomic E-state index is 0.0775. The predicted octanol–water partition coefficient (Wildman–Crippen LogP) is 3.08. The number of nitrogens with one attached hydrogen (secondary N) is 2. The van der Waals surface area contributed by atoms with Crippen LogP contribution in [0.25, 0.3) is 0 Å². The van der Waals surface area contributed by atoms with Crippen molar-refractivity contribution in [3.8, 4) is 0 Å². The van der Waals surface area contributed by atoms with Gasteiger partial charge in [-0.3, -0.25) is 14.4 Å². The molecule has 2 N–H and O–H groups in total. The van der Waals surface area contributed by atoms with Crippen LogP contribution in [0.3, 0.4) is 0 Å². The number of rotatable bonds is 6. The molecule has 0 fully saturated rings. The first-order valence-corrected chi connectivity index (χ1v) is 9.19. The molecule has 0 saturated carbocycles. The van der Waals surface area contributed by atoms with Crippen molar-refractivity contribution in [2.75, 3.05) is 30.5 Å². The van der Waals surface area contributed by atoms with E-state index in [1.165, 1.54) is 23.6 Å². The van der Waals surface area contributed by atoms with Crippen LogP contribution in [0.15, 0.2) is 53.4 Å². The Morgan fingerprint density at radius 2 is 1.77 bits per heavy atom. The van der Waals surface area contributed by atoms with Crippen molar-refractivity contribution in [3.05, 3.63) is 54.1 Å². The van der Waals surface area contributed by atoms with Gasteiger partial charge in [0.1, 0.15) is 0 Å². The molecule has 136 valence electrons. The molecule has 0 unspecified atom stereocenters. The molecule has 0 spiro atoms. The van der Waals surface area contributed by atoms with Gasteiger partial charge in [0.25, 0.3) is 5.91 Å². The van der Waals surface area contributed by atoms with Gasteiger partial charge in [0.15, 0.2) is 0 Å². The fourth-order valence-electron chi connectivity index (χ4n) is 2.38. The monoisotopic (exact) mass is 371 g/mol. The van der Waals surface area contributed by atoms with E-state index >= 15 is 0 Å². The van der Waals surface area contributed by atoms with Crippen molar-refractivity contribution in [3.63, 3.8) is 0 Å². The summed E-state index contributed by atoms with van der Waals surface area (Å²) in [4.78, 5) is 38.2. The molecule has 0 heterocycles. The molecule has 2 rings (SSSR count). The summed E-state index contributed by atoms with van der Waals surface area (Å²) in [6.07, 6.45) is 1.93. The molecule has 26 heavy (non-hydrogen) atoms. The molecule has 7 heteroatoms. The fourth-order valence-corrected chi connectivity index (χ4v) is 2.93. The minimum Gasteiger partial charge on any atom is -0.332 e. The molecule has 0 aromatic heterocycles. The first-order chi connectivity index (χ1) is 12.4. The number of benzene rings is 2. The van der Waals surface area contributed by atoms with Gasteiger partial charge in [0, 0.05) is 30.1 Å². The molecule has 0 aliphatic heterocycles. The van der Waals surface area contributed by atoms with Crippen LogP contribution < -0.4 is 10.6 Å². The van der Waals surface area contributed by atoms with Crippen LogP contribution in [0.1, 0.15) is 17.3 Å². The second-order valence-corrected chi connectivity index (χ2v) is 6.52. The van der Waals surface area contributed by atoms with Gasteiger partial charge in [-0.1, -0.05) is 18.2 Å². The maximum Gasteiger partial charge on any atom is 0.254 e. The average Bonchev–Trinajstić information content (AvgIpc) is 2.61. The van der Waals surface area contributed by atoms with Gasteiger partial charge in [-0.2, -0.15) is 0 Å². The van der Waals surface area contributed by atoms with Crippen molar-refractivity contribution >= 4 is 40.9 Å². The van der Waals surface area contributed by atoms with Crippen molar-refractivity contribution in [1.82, 2.24) is 4.90 Å². The van der Waals surface area contributed by atoms with Crippen LogP contribution in [0.4, 0.5) is 11.4 Å². The molecule has 0 aliphatic carbocycles. The van der Waals surface area contributed by atoms with Gasteiger partial charge in [-0.25, -0.2) is 0 Å². The minimum atomic E-state index is -0.300. The Labute approximate surface area is 157 Å². The second-order valence-electron chi connectivity index (χ2n) is 5.67. The molecule has 0 aliphatic rings. The summed E-state index contributed by atoms with van der Waals surface area (Å²) < 4.78 is 0. The Morgan fingerprint density at radius 1 is 1.04 bits per heavy atom. The highest BCUT2D eigenvalue weighted by molar-refractivity contribution is 7.98. The summed E-state index contributed by atoms with van der Waals surface area (Å²) in [5.74, 6) is -0.791. The van der Waals surface area contributed by atoms with Gasteiger partial charge in [-0.05, 0) is 36.6 Å². The van der Waals surface area contributed by atoms with E-state index in [9.17, 15) is 14.4 Å². The largest absolute Gasteiger partial charge is 0.332 e. The third kappa shape index (κ3) is 5.35. The summed E-state index contributed by atoms with van der Waals surface area (Å²) in [6, 6.07) is 14.1. The second kappa shape index (κ2) is 9.05. The van der Waals surface area contributed by atoms with E-state index in [1.54, 1.807) is 31.3 Å². The fraction of sp³-hybridized carbons (Fsp3) is 0.211. The highest BCUT2D eigenvalue weighted by Crippen LogP contribution is 2.24. The average molecular weight is 371 g/mol. The van der Waals surface area contributed by atoms with Crippen LogP contribution in [-0.2, 0) is 9.59 Å². The normalized spacial score (nSPS) is 10.1. The van der Waals surface area contributed by atoms with E-state index in [2.05, 4.69) is 10.6 Å². The maximum atomic E-state index is 12.5. The zero-order valence-corrected chi connectivity index (χ0v) is 15.7. The lowest BCUT2D eigenvalue weighted by molar-refractivity contribution is -0.116. The summed E-state index contributed by atoms with van der Waals surface area (Å²) in [5.41, 5.74) is 1.66. The highest BCUT2D eigenvalue weighted by atomic mass is 32.2. The predicted molar refractivity (Wildman–Crippen MR) is 105 cm³/mol. The zero-order valence-electron chi connectivity index (χ0n) is 14.9. The first-order valence-electron chi connectivity index (χ1n) is 7.96. The van der Waals surface area contributed by atoms with Gasteiger partial charge < -0.3 is 15.5 Å². The summed E-state index contributed by atoms with van der Waals surface area (Å²) in [6.45, 7) is 1.32. The molecule has 0 radical (unpaired) electrons.